The highest BCUT2D eigenvalue weighted by atomic mass is 32.1. The molecule has 0 aliphatic heterocycles. The van der Waals surface area contributed by atoms with Crippen molar-refractivity contribution >= 4 is 27.6 Å². The van der Waals surface area contributed by atoms with Crippen molar-refractivity contribution in [1.29, 1.82) is 0 Å². The van der Waals surface area contributed by atoms with Gasteiger partial charge in [0.2, 0.25) is 5.52 Å². The maximum Gasteiger partial charge on any atom is 0.265 e. The monoisotopic (exact) mass is 234 g/mol. The van der Waals surface area contributed by atoms with Gasteiger partial charge in [-0.2, -0.15) is 4.57 Å². The number of rotatable bonds is 3. The van der Waals surface area contributed by atoms with Crippen LogP contribution < -0.4 is 4.57 Å². The fraction of sp³-hybridized carbons (Fsp3) is 0.308. The molecule has 0 amide bonds. The van der Waals surface area contributed by atoms with Crippen molar-refractivity contribution in [2.45, 2.75) is 13.8 Å². The predicted octanol–water partition coefficient (Wildman–Crippen LogP) is 3.12. The maximum absolute atomic E-state index is 5.45. The zero-order valence-corrected chi connectivity index (χ0v) is 10.7. The zero-order chi connectivity index (χ0) is 11.5. The van der Waals surface area contributed by atoms with Crippen molar-refractivity contribution in [3.8, 4) is 0 Å². The number of thiazole rings is 1. The van der Waals surface area contributed by atoms with Crippen molar-refractivity contribution in [1.82, 2.24) is 0 Å². The first-order valence-corrected chi connectivity index (χ1v) is 6.22. The Balaban J connectivity index is 2.46. The second-order valence-corrected chi connectivity index (χ2v) is 4.72. The number of aryl methyl sites for hydroxylation is 1. The molecule has 0 saturated heterocycles. The number of para-hydroxylation sites is 1. The summed E-state index contributed by atoms with van der Waals surface area (Å²) in [4.78, 5) is 0. The number of allylic oxidation sites excluding steroid dienone is 1. The van der Waals surface area contributed by atoms with E-state index in [-0.39, 0.29) is 0 Å². The van der Waals surface area contributed by atoms with Crippen LogP contribution in [0.1, 0.15) is 18.9 Å². The quantitative estimate of drug-likeness (QED) is 0.587. The van der Waals surface area contributed by atoms with Gasteiger partial charge in [0.1, 0.15) is 17.5 Å². The maximum atomic E-state index is 5.45. The topological polar surface area (TPSA) is 13.1 Å². The van der Waals surface area contributed by atoms with E-state index in [9.17, 15) is 0 Å². The number of fused-ring (bicyclic) bond motifs is 1. The number of hydrogen-bond acceptors (Lipinski definition) is 2. The fourth-order valence-corrected chi connectivity index (χ4v) is 2.83. The summed E-state index contributed by atoms with van der Waals surface area (Å²) in [6, 6.07) is 8.42. The molecule has 0 unspecified atom stereocenters. The van der Waals surface area contributed by atoms with Gasteiger partial charge in [-0.15, -0.1) is 0 Å². The molecule has 2 rings (SSSR count). The van der Waals surface area contributed by atoms with Crippen molar-refractivity contribution in [3.63, 3.8) is 0 Å². The standard InChI is InChI=1S/C13H16NOS/c1-4-15-10(2)9-13-14(3)11-7-5-6-8-12(11)16-13/h5-9H,4H2,1-3H3/q+1/b10-9+. The van der Waals surface area contributed by atoms with E-state index in [0.29, 0.717) is 0 Å². The van der Waals surface area contributed by atoms with Crippen LogP contribution in [-0.4, -0.2) is 6.61 Å². The summed E-state index contributed by atoms with van der Waals surface area (Å²) >= 11 is 1.78. The van der Waals surface area contributed by atoms with E-state index in [1.807, 2.05) is 13.8 Å². The van der Waals surface area contributed by atoms with Gasteiger partial charge in [0, 0.05) is 6.07 Å². The van der Waals surface area contributed by atoms with Crippen LogP contribution >= 0.6 is 11.3 Å². The summed E-state index contributed by atoms with van der Waals surface area (Å²) in [5, 5.41) is 1.21. The van der Waals surface area contributed by atoms with Gasteiger partial charge in [0.25, 0.3) is 5.01 Å². The van der Waals surface area contributed by atoms with E-state index in [0.717, 1.165) is 12.4 Å². The predicted molar refractivity (Wildman–Crippen MR) is 68.3 cm³/mol. The Kier molecular flexibility index (Phi) is 3.25. The van der Waals surface area contributed by atoms with E-state index in [2.05, 4.69) is 42.0 Å². The normalized spacial score (nSPS) is 12.1. The van der Waals surface area contributed by atoms with Crippen molar-refractivity contribution in [2.24, 2.45) is 7.05 Å². The SMILES string of the molecule is CCO/C(C)=C/c1sc2ccccc2[n+]1C. The first-order chi connectivity index (χ1) is 7.72. The molecule has 0 saturated carbocycles. The van der Waals surface area contributed by atoms with Gasteiger partial charge in [-0.1, -0.05) is 23.5 Å². The molecule has 0 radical (unpaired) electrons. The molecule has 0 spiro atoms. The zero-order valence-electron chi connectivity index (χ0n) is 9.86. The molecule has 2 aromatic rings. The van der Waals surface area contributed by atoms with Gasteiger partial charge in [0.15, 0.2) is 0 Å². The van der Waals surface area contributed by atoms with Gasteiger partial charge < -0.3 is 4.74 Å². The number of benzene rings is 1. The molecule has 16 heavy (non-hydrogen) atoms. The summed E-state index contributed by atoms with van der Waals surface area (Å²) in [6.07, 6.45) is 2.09. The Morgan fingerprint density at radius 2 is 2.19 bits per heavy atom. The largest absolute Gasteiger partial charge is 0.498 e. The molecule has 0 aliphatic carbocycles. The number of hydrogen-bond donors (Lipinski definition) is 0. The Hall–Kier alpha value is -1.35. The molecular formula is C13H16NOS+. The molecule has 0 fully saturated rings. The highest BCUT2D eigenvalue weighted by molar-refractivity contribution is 7.18. The summed E-state index contributed by atoms with van der Waals surface area (Å²) < 4.78 is 8.95. The lowest BCUT2D eigenvalue weighted by atomic mass is 10.3. The highest BCUT2D eigenvalue weighted by Crippen LogP contribution is 2.21. The lowest BCUT2D eigenvalue weighted by Gasteiger charge is -1.99. The Labute approximate surface area is 99.8 Å². The van der Waals surface area contributed by atoms with E-state index < -0.39 is 0 Å². The van der Waals surface area contributed by atoms with Crippen LogP contribution in [-0.2, 0) is 11.8 Å². The number of nitrogens with zero attached hydrogens (tertiary/aromatic N) is 1. The van der Waals surface area contributed by atoms with Gasteiger partial charge >= 0.3 is 0 Å². The lowest BCUT2D eigenvalue weighted by molar-refractivity contribution is -0.642. The molecule has 2 nitrogen and oxygen atoms in total. The minimum atomic E-state index is 0.719. The van der Waals surface area contributed by atoms with Crippen LogP contribution in [0.2, 0.25) is 0 Å². The molecular weight excluding hydrogens is 218 g/mol. The summed E-state index contributed by atoms with van der Waals surface area (Å²) in [5.41, 5.74) is 1.27. The molecule has 0 bridgehead atoms. The van der Waals surface area contributed by atoms with Gasteiger partial charge in [-0.05, 0) is 19.9 Å². The van der Waals surface area contributed by atoms with Gasteiger partial charge in [-0.3, -0.25) is 0 Å². The number of aromatic nitrogens is 1. The van der Waals surface area contributed by atoms with Crippen LogP contribution in [0.4, 0.5) is 0 Å². The van der Waals surface area contributed by atoms with Crippen LogP contribution in [0.25, 0.3) is 16.3 Å². The molecule has 1 heterocycles. The van der Waals surface area contributed by atoms with Crippen LogP contribution in [0.15, 0.2) is 30.0 Å². The van der Waals surface area contributed by atoms with Gasteiger partial charge in [-0.25, -0.2) is 0 Å². The lowest BCUT2D eigenvalue weighted by Crippen LogP contribution is -2.28. The average molecular weight is 234 g/mol. The third kappa shape index (κ3) is 2.09. The van der Waals surface area contributed by atoms with Crippen molar-refractivity contribution in [2.75, 3.05) is 6.61 Å². The van der Waals surface area contributed by atoms with E-state index >= 15 is 0 Å². The molecule has 1 aromatic carbocycles. The summed E-state index contributed by atoms with van der Waals surface area (Å²) in [6.45, 7) is 4.72. The molecule has 0 atom stereocenters. The third-order valence-electron chi connectivity index (χ3n) is 2.47. The van der Waals surface area contributed by atoms with E-state index in [4.69, 9.17) is 4.74 Å². The first-order valence-electron chi connectivity index (χ1n) is 5.41. The highest BCUT2D eigenvalue weighted by Gasteiger charge is 2.14. The fourth-order valence-electron chi connectivity index (χ4n) is 1.69. The van der Waals surface area contributed by atoms with E-state index in [1.54, 1.807) is 11.3 Å². The average Bonchev–Trinajstić information content (AvgIpc) is 2.57. The second-order valence-electron chi connectivity index (χ2n) is 3.66. The van der Waals surface area contributed by atoms with Crippen molar-refractivity contribution in [3.05, 3.63) is 35.0 Å². The third-order valence-corrected chi connectivity index (χ3v) is 3.64. The second kappa shape index (κ2) is 4.66. The molecule has 84 valence electrons. The smallest absolute Gasteiger partial charge is 0.265 e. The molecule has 3 heteroatoms. The molecule has 0 aliphatic rings. The van der Waals surface area contributed by atoms with Crippen LogP contribution in [0.5, 0.6) is 0 Å². The molecule has 0 N–H and O–H groups in total. The van der Waals surface area contributed by atoms with Crippen molar-refractivity contribution < 1.29 is 9.30 Å². The van der Waals surface area contributed by atoms with Crippen LogP contribution in [0.3, 0.4) is 0 Å². The minimum absolute atomic E-state index is 0.719. The van der Waals surface area contributed by atoms with E-state index in [1.165, 1.54) is 15.2 Å². The van der Waals surface area contributed by atoms with Crippen LogP contribution in [0, 0.1) is 0 Å². The Morgan fingerprint density at radius 3 is 2.88 bits per heavy atom. The Bertz CT molecular complexity index is 528. The number of ether oxygens (including phenoxy) is 1. The summed E-state index contributed by atoms with van der Waals surface area (Å²) in [5.74, 6) is 0.963. The summed E-state index contributed by atoms with van der Waals surface area (Å²) in [7, 11) is 2.09. The minimum Gasteiger partial charge on any atom is -0.498 e. The molecule has 1 aromatic heterocycles. The van der Waals surface area contributed by atoms with Gasteiger partial charge in [0.05, 0.1) is 12.7 Å². The Morgan fingerprint density at radius 1 is 1.44 bits per heavy atom. The first kappa shape index (κ1) is 11.1.